The summed E-state index contributed by atoms with van der Waals surface area (Å²) in [6.45, 7) is 8.67. The van der Waals surface area contributed by atoms with Crippen LogP contribution in [-0.2, 0) is 16.8 Å². The molecule has 112 valence electrons. The van der Waals surface area contributed by atoms with Crippen molar-refractivity contribution in [1.82, 2.24) is 19.7 Å². The van der Waals surface area contributed by atoms with Crippen LogP contribution in [0.25, 0.3) is 0 Å². The van der Waals surface area contributed by atoms with Gasteiger partial charge in [-0.1, -0.05) is 20.8 Å². The highest BCUT2D eigenvalue weighted by atomic mass is 16.1. The fourth-order valence-corrected chi connectivity index (χ4v) is 1.81. The van der Waals surface area contributed by atoms with Crippen molar-refractivity contribution in [2.24, 2.45) is 0 Å². The second kappa shape index (κ2) is 6.03. The maximum atomic E-state index is 11.9. The normalized spacial score (nSPS) is 11.4. The van der Waals surface area contributed by atoms with E-state index in [1.165, 1.54) is 0 Å². The van der Waals surface area contributed by atoms with Crippen molar-refractivity contribution in [2.45, 2.75) is 46.1 Å². The average Bonchev–Trinajstić information content (AvgIpc) is 2.82. The number of rotatable bonds is 4. The minimum atomic E-state index is -0.0967. The van der Waals surface area contributed by atoms with Crippen molar-refractivity contribution in [3.63, 3.8) is 0 Å². The second-order valence-electron chi connectivity index (χ2n) is 6.12. The Labute approximate surface area is 124 Å². The third kappa shape index (κ3) is 4.37. The van der Waals surface area contributed by atoms with Crippen LogP contribution in [0.4, 0.5) is 5.69 Å². The molecular formula is C15H21N5O. The summed E-state index contributed by atoms with van der Waals surface area (Å²) >= 11 is 0. The van der Waals surface area contributed by atoms with E-state index in [0.29, 0.717) is 18.7 Å². The molecule has 0 saturated heterocycles. The fourth-order valence-electron chi connectivity index (χ4n) is 1.81. The zero-order chi connectivity index (χ0) is 15.5. The lowest BCUT2D eigenvalue weighted by Gasteiger charge is -2.16. The zero-order valence-electron chi connectivity index (χ0n) is 12.9. The second-order valence-corrected chi connectivity index (χ2v) is 6.12. The SMILES string of the molecule is Cc1cnn(CCC(=O)Nc2cnc(C(C)(C)C)nc2)c1. The molecule has 2 rings (SSSR count). The first-order valence-electron chi connectivity index (χ1n) is 6.96. The Balaban J connectivity index is 1.88. The number of carbonyl (C=O) groups is 1. The lowest BCUT2D eigenvalue weighted by Crippen LogP contribution is -2.18. The molecule has 2 heterocycles. The van der Waals surface area contributed by atoms with E-state index in [0.717, 1.165) is 11.4 Å². The molecule has 1 amide bonds. The monoisotopic (exact) mass is 287 g/mol. The number of nitrogens with zero attached hydrogens (tertiary/aromatic N) is 4. The number of carbonyl (C=O) groups excluding carboxylic acids is 1. The largest absolute Gasteiger partial charge is 0.323 e. The highest BCUT2D eigenvalue weighted by Crippen LogP contribution is 2.18. The van der Waals surface area contributed by atoms with Crippen molar-refractivity contribution in [1.29, 1.82) is 0 Å². The van der Waals surface area contributed by atoms with Gasteiger partial charge in [0.2, 0.25) is 5.91 Å². The third-order valence-electron chi connectivity index (χ3n) is 2.94. The van der Waals surface area contributed by atoms with E-state index in [1.54, 1.807) is 23.3 Å². The first-order valence-corrected chi connectivity index (χ1v) is 6.96. The molecule has 21 heavy (non-hydrogen) atoms. The molecule has 1 N–H and O–H groups in total. The molecule has 0 fully saturated rings. The number of hydrogen-bond donors (Lipinski definition) is 1. The van der Waals surface area contributed by atoms with Gasteiger partial charge in [-0.2, -0.15) is 5.10 Å². The predicted octanol–water partition coefficient (Wildman–Crippen LogP) is 2.31. The van der Waals surface area contributed by atoms with E-state index in [-0.39, 0.29) is 11.3 Å². The summed E-state index contributed by atoms with van der Waals surface area (Å²) in [6, 6.07) is 0. The molecule has 0 bridgehead atoms. The topological polar surface area (TPSA) is 72.7 Å². The third-order valence-corrected chi connectivity index (χ3v) is 2.94. The van der Waals surface area contributed by atoms with Crippen LogP contribution < -0.4 is 5.32 Å². The van der Waals surface area contributed by atoms with Gasteiger partial charge in [-0.15, -0.1) is 0 Å². The maximum Gasteiger partial charge on any atom is 0.226 e. The van der Waals surface area contributed by atoms with Gasteiger partial charge in [-0.05, 0) is 12.5 Å². The highest BCUT2D eigenvalue weighted by Gasteiger charge is 2.16. The lowest BCUT2D eigenvalue weighted by atomic mass is 9.96. The van der Waals surface area contributed by atoms with E-state index < -0.39 is 0 Å². The Morgan fingerprint density at radius 1 is 1.24 bits per heavy atom. The molecular weight excluding hydrogens is 266 g/mol. The quantitative estimate of drug-likeness (QED) is 0.936. The van der Waals surface area contributed by atoms with Gasteiger partial charge in [0.15, 0.2) is 0 Å². The van der Waals surface area contributed by atoms with Gasteiger partial charge in [0, 0.05) is 24.6 Å². The summed E-state index contributed by atoms with van der Waals surface area (Å²) in [4.78, 5) is 20.4. The van der Waals surface area contributed by atoms with Crippen molar-refractivity contribution in [2.75, 3.05) is 5.32 Å². The molecule has 0 aromatic carbocycles. The van der Waals surface area contributed by atoms with E-state index in [9.17, 15) is 4.79 Å². The summed E-state index contributed by atoms with van der Waals surface area (Å²) in [7, 11) is 0. The predicted molar refractivity (Wildman–Crippen MR) is 80.9 cm³/mol. The molecule has 0 saturated carbocycles. The van der Waals surface area contributed by atoms with Crippen molar-refractivity contribution in [3.05, 3.63) is 36.2 Å². The van der Waals surface area contributed by atoms with Crippen LogP contribution in [0, 0.1) is 6.92 Å². The Morgan fingerprint density at radius 3 is 2.43 bits per heavy atom. The number of aryl methyl sites for hydroxylation is 2. The van der Waals surface area contributed by atoms with Crippen LogP contribution in [0.15, 0.2) is 24.8 Å². The number of nitrogens with one attached hydrogen (secondary N) is 1. The van der Waals surface area contributed by atoms with Gasteiger partial charge in [0.05, 0.1) is 24.3 Å². The number of anilines is 1. The molecule has 0 aliphatic rings. The Hall–Kier alpha value is -2.24. The molecule has 2 aromatic rings. The smallest absolute Gasteiger partial charge is 0.226 e. The van der Waals surface area contributed by atoms with Crippen LogP contribution in [0.2, 0.25) is 0 Å². The molecule has 6 heteroatoms. The number of aromatic nitrogens is 4. The van der Waals surface area contributed by atoms with Crippen LogP contribution >= 0.6 is 0 Å². The molecule has 2 aromatic heterocycles. The van der Waals surface area contributed by atoms with Crippen molar-refractivity contribution in [3.8, 4) is 0 Å². The van der Waals surface area contributed by atoms with Crippen molar-refractivity contribution >= 4 is 11.6 Å². The van der Waals surface area contributed by atoms with Gasteiger partial charge in [-0.25, -0.2) is 9.97 Å². The first kappa shape index (κ1) is 15.2. The summed E-state index contributed by atoms with van der Waals surface area (Å²) in [5, 5.41) is 6.94. The van der Waals surface area contributed by atoms with Crippen molar-refractivity contribution < 1.29 is 4.79 Å². The highest BCUT2D eigenvalue weighted by molar-refractivity contribution is 5.90. The summed E-state index contributed by atoms with van der Waals surface area (Å²) in [6.07, 6.45) is 7.33. The van der Waals surface area contributed by atoms with Gasteiger partial charge in [0.25, 0.3) is 0 Å². The average molecular weight is 287 g/mol. The summed E-state index contributed by atoms with van der Waals surface area (Å²) in [5.41, 5.74) is 1.60. The van der Waals surface area contributed by atoms with Gasteiger partial charge in [0.1, 0.15) is 5.82 Å². The molecule has 6 nitrogen and oxygen atoms in total. The van der Waals surface area contributed by atoms with E-state index in [1.807, 2.05) is 33.9 Å². The van der Waals surface area contributed by atoms with Crippen LogP contribution in [0.3, 0.4) is 0 Å². The molecule has 0 spiro atoms. The van der Waals surface area contributed by atoms with Crippen LogP contribution in [0.1, 0.15) is 38.6 Å². The van der Waals surface area contributed by atoms with Gasteiger partial charge < -0.3 is 5.32 Å². The Morgan fingerprint density at radius 2 is 1.90 bits per heavy atom. The van der Waals surface area contributed by atoms with Gasteiger partial charge in [-0.3, -0.25) is 9.48 Å². The van der Waals surface area contributed by atoms with E-state index in [2.05, 4.69) is 20.4 Å². The maximum absolute atomic E-state index is 11.9. The van der Waals surface area contributed by atoms with E-state index >= 15 is 0 Å². The minimum absolute atomic E-state index is 0.0738. The summed E-state index contributed by atoms with van der Waals surface area (Å²) in [5.74, 6) is 0.683. The molecule has 0 aliphatic heterocycles. The zero-order valence-corrected chi connectivity index (χ0v) is 12.9. The lowest BCUT2D eigenvalue weighted by molar-refractivity contribution is -0.116. The van der Waals surface area contributed by atoms with E-state index in [4.69, 9.17) is 0 Å². The minimum Gasteiger partial charge on any atom is -0.323 e. The van der Waals surface area contributed by atoms with Crippen LogP contribution in [-0.4, -0.2) is 25.7 Å². The summed E-state index contributed by atoms with van der Waals surface area (Å²) < 4.78 is 1.76. The Kier molecular flexibility index (Phi) is 4.35. The van der Waals surface area contributed by atoms with Crippen LogP contribution in [0.5, 0.6) is 0 Å². The van der Waals surface area contributed by atoms with Gasteiger partial charge >= 0.3 is 0 Å². The first-order chi connectivity index (χ1) is 9.84. The molecule has 0 radical (unpaired) electrons. The Bertz CT molecular complexity index is 610. The number of hydrogen-bond acceptors (Lipinski definition) is 4. The molecule has 0 unspecified atom stereocenters. The molecule has 0 aliphatic carbocycles. The molecule has 0 atom stereocenters. The fraction of sp³-hybridized carbons (Fsp3) is 0.467. The standard InChI is InChI=1S/C15H21N5O/c1-11-7-18-20(10-11)6-5-13(21)19-12-8-16-14(17-9-12)15(2,3)4/h7-10H,5-6H2,1-4H3,(H,19,21). The number of amides is 1.